The number of hydrogen-bond acceptors (Lipinski definition) is 4. The summed E-state index contributed by atoms with van der Waals surface area (Å²) in [6, 6.07) is 0. The van der Waals surface area contributed by atoms with Crippen molar-refractivity contribution in [3.05, 3.63) is 15.6 Å². The molecule has 1 atom stereocenters. The minimum absolute atomic E-state index is 0.240. The van der Waals surface area contributed by atoms with Crippen molar-refractivity contribution in [1.29, 1.82) is 0 Å². The molecule has 0 aliphatic carbocycles. The largest absolute Gasteiger partial charge is 0.465 e. The molecule has 0 saturated heterocycles. The van der Waals surface area contributed by atoms with Crippen LogP contribution in [0.25, 0.3) is 0 Å². The van der Waals surface area contributed by atoms with Gasteiger partial charge in [0.15, 0.2) is 0 Å². The predicted molar refractivity (Wildman–Crippen MR) is 64.8 cm³/mol. The lowest BCUT2D eigenvalue weighted by molar-refractivity contribution is 0.0605. The highest BCUT2D eigenvalue weighted by Gasteiger charge is 2.19. The topological polar surface area (TPSA) is 39.2 Å². The van der Waals surface area contributed by atoms with Crippen LogP contribution < -0.4 is 0 Å². The molecule has 0 aromatic carbocycles. The van der Waals surface area contributed by atoms with Gasteiger partial charge < -0.3 is 4.74 Å². The fourth-order valence-electron chi connectivity index (χ4n) is 1.21. The summed E-state index contributed by atoms with van der Waals surface area (Å²) in [5.74, 6) is -0.299. The fraction of sp³-hybridized carbons (Fsp3) is 0.600. The summed E-state index contributed by atoms with van der Waals surface area (Å²) < 4.78 is 4.69. The molecular weight excluding hydrogens is 278 g/mol. The highest BCUT2D eigenvalue weighted by atomic mass is 79.9. The van der Waals surface area contributed by atoms with E-state index in [1.807, 2.05) is 6.92 Å². The highest BCUT2D eigenvalue weighted by molar-refractivity contribution is 9.09. The maximum absolute atomic E-state index is 11.4. The number of nitrogens with zero attached hydrogens (tertiary/aromatic N) is 1. The van der Waals surface area contributed by atoms with Crippen LogP contribution in [-0.2, 0) is 4.74 Å². The second-order valence-corrected chi connectivity index (χ2v) is 5.35. The van der Waals surface area contributed by atoms with Gasteiger partial charge in [-0.05, 0) is 13.3 Å². The number of thiazole rings is 1. The van der Waals surface area contributed by atoms with Crippen molar-refractivity contribution in [2.45, 2.75) is 31.5 Å². The number of alkyl halides is 1. The van der Waals surface area contributed by atoms with Gasteiger partial charge >= 0.3 is 5.97 Å². The second kappa shape index (κ2) is 5.61. The summed E-state index contributed by atoms with van der Waals surface area (Å²) in [6.45, 7) is 3.95. The van der Waals surface area contributed by atoms with Gasteiger partial charge in [-0.1, -0.05) is 29.3 Å². The Balaban J connectivity index is 2.90. The Morgan fingerprint density at radius 2 is 2.33 bits per heavy atom. The Hall–Kier alpha value is -0.420. The third-order valence-electron chi connectivity index (χ3n) is 1.99. The van der Waals surface area contributed by atoms with Gasteiger partial charge in [0.25, 0.3) is 0 Å². The van der Waals surface area contributed by atoms with E-state index in [-0.39, 0.29) is 10.8 Å². The number of aryl methyl sites for hydroxylation is 1. The summed E-state index contributed by atoms with van der Waals surface area (Å²) >= 11 is 4.97. The minimum atomic E-state index is -0.299. The maximum atomic E-state index is 11.4. The highest BCUT2D eigenvalue weighted by Crippen LogP contribution is 2.32. The first-order valence-electron chi connectivity index (χ1n) is 4.79. The van der Waals surface area contributed by atoms with Crippen LogP contribution in [0.2, 0.25) is 0 Å². The van der Waals surface area contributed by atoms with E-state index in [9.17, 15) is 4.79 Å². The number of carbonyl (C=O) groups is 1. The Labute approximate surface area is 102 Å². The zero-order chi connectivity index (χ0) is 11.4. The molecule has 0 radical (unpaired) electrons. The summed E-state index contributed by atoms with van der Waals surface area (Å²) in [5, 5.41) is 0.953. The summed E-state index contributed by atoms with van der Waals surface area (Å²) in [5.41, 5.74) is 0.752. The van der Waals surface area contributed by atoms with E-state index in [1.54, 1.807) is 0 Å². The third kappa shape index (κ3) is 3.01. The first-order chi connectivity index (χ1) is 7.10. The van der Waals surface area contributed by atoms with Crippen molar-refractivity contribution in [3.8, 4) is 0 Å². The number of methoxy groups -OCH3 is 1. The lowest BCUT2D eigenvalue weighted by atomic mass is 10.2. The average Bonchev–Trinajstić information content (AvgIpc) is 2.60. The number of aromatic nitrogens is 1. The van der Waals surface area contributed by atoms with Crippen molar-refractivity contribution in [1.82, 2.24) is 4.98 Å². The SMILES string of the molecule is CCCC(Br)c1nc(C)c(C(=O)OC)s1. The second-order valence-electron chi connectivity index (χ2n) is 3.21. The van der Waals surface area contributed by atoms with Crippen molar-refractivity contribution in [2.75, 3.05) is 7.11 Å². The minimum Gasteiger partial charge on any atom is -0.465 e. The van der Waals surface area contributed by atoms with E-state index in [0.29, 0.717) is 4.88 Å². The molecule has 0 aliphatic rings. The molecule has 0 N–H and O–H groups in total. The smallest absolute Gasteiger partial charge is 0.349 e. The van der Waals surface area contributed by atoms with Gasteiger partial charge in [0, 0.05) is 0 Å². The lowest BCUT2D eigenvalue weighted by Crippen LogP contribution is -1.99. The van der Waals surface area contributed by atoms with E-state index < -0.39 is 0 Å². The van der Waals surface area contributed by atoms with Gasteiger partial charge in [-0.25, -0.2) is 9.78 Å². The summed E-state index contributed by atoms with van der Waals surface area (Å²) in [7, 11) is 1.39. The van der Waals surface area contributed by atoms with E-state index in [4.69, 9.17) is 0 Å². The molecule has 15 heavy (non-hydrogen) atoms. The number of halogens is 1. The van der Waals surface area contributed by atoms with Crippen LogP contribution in [0.3, 0.4) is 0 Å². The normalized spacial score (nSPS) is 12.5. The zero-order valence-electron chi connectivity index (χ0n) is 9.04. The van der Waals surface area contributed by atoms with Gasteiger partial charge in [-0.2, -0.15) is 0 Å². The van der Waals surface area contributed by atoms with Crippen molar-refractivity contribution >= 4 is 33.2 Å². The third-order valence-corrected chi connectivity index (χ3v) is 4.44. The summed E-state index contributed by atoms with van der Waals surface area (Å²) in [4.78, 5) is 16.6. The van der Waals surface area contributed by atoms with Crippen molar-refractivity contribution in [2.24, 2.45) is 0 Å². The predicted octanol–water partition coefficient (Wildman–Crippen LogP) is 3.47. The molecule has 1 aromatic rings. The Bertz CT molecular complexity index is 351. The molecule has 84 valence electrons. The van der Waals surface area contributed by atoms with Crippen LogP contribution in [0.1, 0.15) is 45.0 Å². The number of esters is 1. The first-order valence-corrected chi connectivity index (χ1v) is 6.53. The fourth-order valence-corrected chi connectivity index (χ4v) is 3.05. The number of ether oxygens (including phenoxy) is 1. The molecule has 1 rings (SSSR count). The van der Waals surface area contributed by atoms with Crippen LogP contribution in [0.15, 0.2) is 0 Å². The average molecular weight is 292 g/mol. The molecule has 1 unspecified atom stereocenters. The number of rotatable bonds is 4. The van der Waals surface area contributed by atoms with Crippen LogP contribution in [0.4, 0.5) is 0 Å². The van der Waals surface area contributed by atoms with E-state index in [2.05, 4.69) is 32.6 Å². The molecule has 3 nitrogen and oxygen atoms in total. The van der Waals surface area contributed by atoms with E-state index >= 15 is 0 Å². The Morgan fingerprint density at radius 1 is 1.67 bits per heavy atom. The lowest BCUT2D eigenvalue weighted by Gasteiger charge is -2.02. The summed E-state index contributed by atoms with van der Waals surface area (Å²) in [6.07, 6.45) is 2.11. The van der Waals surface area contributed by atoms with Gasteiger partial charge in [0.2, 0.25) is 0 Å². The van der Waals surface area contributed by atoms with Crippen LogP contribution in [-0.4, -0.2) is 18.1 Å². The number of carbonyl (C=O) groups excluding carboxylic acids is 1. The zero-order valence-corrected chi connectivity index (χ0v) is 11.4. The molecule has 1 heterocycles. The Morgan fingerprint density at radius 3 is 2.87 bits per heavy atom. The van der Waals surface area contributed by atoms with Gasteiger partial charge in [-0.15, -0.1) is 11.3 Å². The molecule has 0 aliphatic heterocycles. The van der Waals surface area contributed by atoms with Gasteiger partial charge in [0.05, 0.1) is 17.6 Å². The van der Waals surface area contributed by atoms with Crippen molar-refractivity contribution < 1.29 is 9.53 Å². The molecule has 5 heteroatoms. The van der Waals surface area contributed by atoms with Crippen LogP contribution in [0.5, 0.6) is 0 Å². The molecule has 0 bridgehead atoms. The molecule has 0 spiro atoms. The first kappa shape index (κ1) is 12.6. The van der Waals surface area contributed by atoms with E-state index in [0.717, 1.165) is 23.5 Å². The van der Waals surface area contributed by atoms with Gasteiger partial charge in [0.1, 0.15) is 9.88 Å². The Kier molecular flexibility index (Phi) is 4.73. The van der Waals surface area contributed by atoms with Crippen molar-refractivity contribution in [3.63, 3.8) is 0 Å². The maximum Gasteiger partial charge on any atom is 0.349 e. The molecular formula is C10H14BrNO2S. The van der Waals surface area contributed by atoms with Gasteiger partial charge in [-0.3, -0.25) is 0 Å². The standard InChI is InChI=1S/C10H14BrNO2S/c1-4-5-7(11)9-12-6(2)8(15-9)10(13)14-3/h7H,4-5H2,1-3H3. The molecule has 1 aromatic heterocycles. The quantitative estimate of drug-likeness (QED) is 0.630. The molecule has 0 fully saturated rings. The van der Waals surface area contributed by atoms with Crippen LogP contribution >= 0.6 is 27.3 Å². The number of hydrogen-bond donors (Lipinski definition) is 0. The molecule has 0 saturated carbocycles. The van der Waals surface area contributed by atoms with Crippen LogP contribution in [0, 0.1) is 6.92 Å². The molecule has 0 amide bonds. The van der Waals surface area contributed by atoms with E-state index in [1.165, 1.54) is 18.4 Å². The monoisotopic (exact) mass is 291 g/mol.